The SMILES string of the molecule is CC(C)(O)CCc1ccc(O)c2c(=O)c3c(O)c4c(cc3oc12)O[C@@H]1OC=C[C@@]41O. The molecule has 1 aromatic heterocycles. The Bertz CT molecular complexity index is 1300. The fraction of sp³-hybridized carbons (Fsp3) is 0.318. The molecule has 0 saturated carbocycles. The van der Waals surface area contributed by atoms with Crippen LogP contribution in [-0.4, -0.2) is 32.3 Å². The van der Waals surface area contributed by atoms with Crippen LogP contribution in [0, 0.1) is 0 Å². The summed E-state index contributed by atoms with van der Waals surface area (Å²) in [7, 11) is 0. The van der Waals surface area contributed by atoms with Crippen molar-refractivity contribution in [3.8, 4) is 17.2 Å². The van der Waals surface area contributed by atoms with Crippen LogP contribution in [0.5, 0.6) is 17.2 Å². The highest BCUT2D eigenvalue weighted by Crippen LogP contribution is 2.52. The van der Waals surface area contributed by atoms with Crippen LogP contribution in [0.25, 0.3) is 21.9 Å². The van der Waals surface area contributed by atoms with Gasteiger partial charge in [0.15, 0.2) is 5.60 Å². The molecule has 2 aromatic carbocycles. The minimum absolute atomic E-state index is 0.0121. The molecule has 2 aliphatic rings. The topological polar surface area (TPSA) is 130 Å². The van der Waals surface area contributed by atoms with E-state index in [9.17, 15) is 25.2 Å². The first-order valence-corrected chi connectivity index (χ1v) is 9.52. The lowest BCUT2D eigenvalue weighted by molar-refractivity contribution is -0.110. The van der Waals surface area contributed by atoms with Crippen LogP contribution >= 0.6 is 0 Å². The van der Waals surface area contributed by atoms with Crippen molar-refractivity contribution in [2.75, 3.05) is 0 Å². The lowest BCUT2D eigenvalue weighted by atomic mass is 9.92. The summed E-state index contributed by atoms with van der Waals surface area (Å²) < 4.78 is 16.7. The minimum Gasteiger partial charge on any atom is -0.507 e. The molecule has 0 radical (unpaired) electrons. The van der Waals surface area contributed by atoms with E-state index in [1.165, 1.54) is 24.5 Å². The smallest absolute Gasteiger partial charge is 0.277 e. The number of benzene rings is 2. The van der Waals surface area contributed by atoms with Crippen molar-refractivity contribution in [1.82, 2.24) is 0 Å². The predicted molar refractivity (Wildman–Crippen MR) is 106 cm³/mol. The Kier molecular flexibility index (Phi) is 3.69. The normalized spacial score (nSPS) is 22.2. The molecule has 0 aliphatic carbocycles. The molecule has 0 bridgehead atoms. The molecule has 8 heteroatoms. The molecular weight excluding hydrogens is 392 g/mol. The van der Waals surface area contributed by atoms with Gasteiger partial charge in [0, 0.05) is 6.07 Å². The summed E-state index contributed by atoms with van der Waals surface area (Å²) in [5.41, 5.74) is -2.43. The Hall–Kier alpha value is -3.23. The van der Waals surface area contributed by atoms with E-state index >= 15 is 0 Å². The predicted octanol–water partition coefficient (Wildman–Crippen LogP) is 2.51. The van der Waals surface area contributed by atoms with Crippen LogP contribution in [0.4, 0.5) is 0 Å². The maximum absolute atomic E-state index is 13.3. The average Bonchev–Trinajstić information content (AvgIpc) is 3.13. The van der Waals surface area contributed by atoms with Gasteiger partial charge in [-0.05, 0) is 44.4 Å². The summed E-state index contributed by atoms with van der Waals surface area (Å²) in [5.74, 6) is -0.637. The van der Waals surface area contributed by atoms with Crippen LogP contribution in [0.15, 0.2) is 39.7 Å². The number of phenols is 2. The zero-order valence-corrected chi connectivity index (χ0v) is 16.3. The van der Waals surface area contributed by atoms with Gasteiger partial charge < -0.3 is 34.3 Å². The Morgan fingerprint density at radius 3 is 2.70 bits per heavy atom. The van der Waals surface area contributed by atoms with Crippen molar-refractivity contribution in [1.29, 1.82) is 0 Å². The Balaban J connectivity index is 1.80. The maximum atomic E-state index is 13.3. The second kappa shape index (κ2) is 5.90. The molecule has 5 rings (SSSR count). The standard InChI is InChI=1S/C22H20O8/c1-21(2,26)6-5-10-3-4-11(23)14-17(24)15-12(29-19(10)14)9-13-16(18(15)25)22(27)7-8-28-20(22)30-13/h3-4,7-9,20,23,25-27H,5-6H2,1-2H3/t20-,22+/m0/s1. The van der Waals surface area contributed by atoms with Gasteiger partial charge in [0.25, 0.3) is 6.29 Å². The lowest BCUT2D eigenvalue weighted by Gasteiger charge is -2.19. The number of aromatic hydroxyl groups is 2. The van der Waals surface area contributed by atoms with Gasteiger partial charge in [-0.3, -0.25) is 4.79 Å². The fourth-order valence-corrected chi connectivity index (χ4v) is 4.06. The first-order chi connectivity index (χ1) is 14.1. The molecule has 30 heavy (non-hydrogen) atoms. The number of aryl methyl sites for hydroxylation is 1. The Morgan fingerprint density at radius 2 is 1.97 bits per heavy atom. The van der Waals surface area contributed by atoms with Crippen LogP contribution in [0.1, 0.15) is 31.4 Å². The van der Waals surface area contributed by atoms with Crippen LogP contribution < -0.4 is 10.2 Å². The molecule has 2 aliphatic heterocycles. The Morgan fingerprint density at radius 1 is 1.20 bits per heavy atom. The summed E-state index contributed by atoms with van der Waals surface area (Å²) >= 11 is 0. The molecule has 3 heterocycles. The van der Waals surface area contributed by atoms with E-state index in [4.69, 9.17) is 13.9 Å². The number of phenolic OH excluding ortho intramolecular Hbond substituents is 2. The van der Waals surface area contributed by atoms with Crippen molar-refractivity contribution in [3.05, 3.63) is 51.9 Å². The highest BCUT2D eigenvalue weighted by atomic mass is 16.7. The van der Waals surface area contributed by atoms with Crippen molar-refractivity contribution >= 4 is 21.9 Å². The summed E-state index contributed by atoms with van der Waals surface area (Å²) in [6.45, 7) is 3.36. The minimum atomic E-state index is -1.73. The largest absolute Gasteiger partial charge is 0.507 e. The van der Waals surface area contributed by atoms with E-state index < -0.39 is 28.7 Å². The van der Waals surface area contributed by atoms with Crippen molar-refractivity contribution in [3.63, 3.8) is 0 Å². The van der Waals surface area contributed by atoms with Gasteiger partial charge in [0.05, 0.1) is 17.4 Å². The Labute approximate surface area is 170 Å². The molecule has 3 aromatic rings. The van der Waals surface area contributed by atoms with Gasteiger partial charge >= 0.3 is 0 Å². The molecule has 0 spiro atoms. The number of fused-ring (bicyclic) bond motifs is 5. The van der Waals surface area contributed by atoms with E-state index in [1.54, 1.807) is 19.9 Å². The molecule has 0 amide bonds. The first-order valence-electron chi connectivity index (χ1n) is 9.52. The van der Waals surface area contributed by atoms with Gasteiger partial charge in [-0.1, -0.05) is 6.07 Å². The molecule has 0 unspecified atom stereocenters. The first kappa shape index (κ1) is 18.8. The molecular formula is C22H20O8. The van der Waals surface area contributed by atoms with Gasteiger partial charge in [-0.25, -0.2) is 0 Å². The molecule has 2 atom stereocenters. The quantitative estimate of drug-likeness (QED) is 0.483. The molecule has 156 valence electrons. The number of rotatable bonds is 3. The lowest BCUT2D eigenvalue weighted by Crippen LogP contribution is -2.33. The number of hydrogen-bond donors (Lipinski definition) is 4. The van der Waals surface area contributed by atoms with Crippen LogP contribution in [0.2, 0.25) is 0 Å². The molecule has 0 saturated heterocycles. The summed E-state index contributed by atoms with van der Waals surface area (Å²) in [5, 5.41) is 41.9. The summed E-state index contributed by atoms with van der Waals surface area (Å²) in [4.78, 5) is 13.3. The van der Waals surface area contributed by atoms with Crippen LogP contribution in [-0.2, 0) is 16.8 Å². The van der Waals surface area contributed by atoms with E-state index in [1.807, 2.05) is 0 Å². The van der Waals surface area contributed by atoms with Crippen LogP contribution in [0.3, 0.4) is 0 Å². The fourth-order valence-electron chi connectivity index (χ4n) is 4.06. The average molecular weight is 412 g/mol. The monoisotopic (exact) mass is 412 g/mol. The van der Waals surface area contributed by atoms with E-state index in [0.29, 0.717) is 18.4 Å². The van der Waals surface area contributed by atoms with Gasteiger partial charge in [-0.2, -0.15) is 0 Å². The van der Waals surface area contributed by atoms with Crippen molar-refractivity contribution in [2.24, 2.45) is 0 Å². The second-order valence-corrected chi connectivity index (χ2v) is 8.38. The third-order valence-electron chi connectivity index (χ3n) is 5.64. The van der Waals surface area contributed by atoms with Crippen molar-refractivity contribution < 1.29 is 34.3 Å². The zero-order chi connectivity index (χ0) is 21.4. The second-order valence-electron chi connectivity index (χ2n) is 8.38. The molecule has 0 fully saturated rings. The number of hydrogen-bond acceptors (Lipinski definition) is 8. The van der Waals surface area contributed by atoms with Gasteiger partial charge in [-0.15, -0.1) is 0 Å². The third kappa shape index (κ3) is 2.50. The van der Waals surface area contributed by atoms with Gasteiger partial charge in [0.1, 0.15) is 39.2 Å². The van der Waals surface area contributed by atoms with Gasteiger partial charge in [0.2, 0.25) is 5.43 Å². The summed E-state index contributed by atoms with van der Waals surface area (Å²) in [6.07, 6.45) is 2.34. The molecule has 8 nitrogen and oxygen atoms in total. The highest BCUT2D eigenvalue weighted by Gasteiger charge is 2.53. The number of aliphatic hydroxyl groups is 2. The molecule has 4 N–H and O–H groups in total. The van der Waals surface area contributed by atoms with Crippen molar-refractivity contribution in [2.45, 2.75) is 44.2 Å². The number of ether oxygens (including phenoxy) is 2. The summed E-state index contributed by atoms with van der Waals surface area (Å²) in [6, 6.07) is 4.44. The highest BCUT2D eigenvalue weighted by molar-refractivity contribution is 5.98. The third-order valence-corrected chi connectivity index (χ3v) is 5.64. The maximum Gasteiger partial charge on any atom is 0.277 e. The van der Waals surface area contributed by atoms with E-state index in [0.717, 1.165) is 0 Å². The zero-order valence-electron chi connectivity index (χ0n) is 16.3. The van der Waals surface area contributed by atoms with E-state index in [-0.39, 0.29) is 39.0 Å². The van der Waals surface area contributed by atoms with E-state index in [2.05, 4.69) is 0 Å².